The lowest BCUT2D eigenvalue weighted by molar-refractivity contribution is 0.669. The van der Waals surface area contributed by atoms with Crippen LogP contribution in [0.1, 0.15) is 25.8 Å². The standard InChI is InChI=1S/C15H26N2S/c1-12(16)11-14-5-7-15(8-6-14)17(3)13(2)9-10-18-4/h5-8,12-13H,9-11,16H2,1-4H3. The third-order valence-corrected chi connectivity index (χ3v) is 3.95. The number of rotatable bonds is 7. The van der Waals surface area contributed by atoms with Crippen molar-refractivity contribution in [1.29, 1.82) is 0 Å². The predicted octanol–water partition coefficient (Wildman–Crippen LogP) is 3.15. The zero-order valence-electron chi connectivity index (χ0n) is 12.0. The van der Waals surface area contributed by atoms with Gasteiger partial charge in [0, 0.05) is 24.8 Å². The first-order valence-electron chi connectivity index (χ1n) is 6.61. The zero-order valence-corrected chi connectivity index (χ0v) is 12.8. The van der Waals surface area contributed by atoms with E-state index >= 15 is 0 Å². The van der Waals surface area contributed by atoms with E-state index in [1.807, 2.05) is 18.7 Å². The van der Waals surface area contributed by atoms with Crippen LogP contribution in [0.15, 0.2) is 24.3 Å². The number of anilines is 1. The van der Waals surface area contributed by atoms with Crippen LogP contribution in [-0.4, -0.2) is 31.1 Å². The molecule has 0 bridgehead atoms. The van der Waals surface area contributed by atoms with E-state index in [9.17, 15) is 0 Å². The molecule has 102 valence electrons. The van der Waals surface area contributed by atoms with Crippen LogP contribution in [-0.2, 0) is 6.42 Å². The molecule has 0 spiro atoms. The molecule has 0 aliphatic carbocycles. The summed E-state index contributed by atoms with van der Waals surface area (Å²) in [4.78, 5) is 2.35. The molecule has 0 aliphatic heterocycles. The summed E-state index contributed by atoms with van der Waals surface area (Å²) in [6, 6.07) is 9.60. The van der Waals surface area contributed by atoms with Crippen molar-refractivity contribution >= 4 is 17.4 Å². The van der Waals surface area contributed by atoms with Gasteiger partial charge in [0.25, 0.3) is 0 Å². The Morgan fingerprint density at radius 3 is 2.33 bits per heavy atom. The molecule has 1 rings (SSSR count). The minimum atomic E-state index is 0.231. The molecule has 0 aromatic heterocycles. The largest absolute Gasteiger partial charge is 0.372 e. The van der Waals surface area contributed by atoms with Crippen molar-refractivity contribution in [3.8, 4) is 0 Å². The van der Waals surface area contributed by atoms with E-state index in [1.165, 1.54) is 23.4 Å². The Labute approximate surface area is 116 Å². The van der Waals surface area contributed by atoms with Gasteiger partial charge in [-0.15, -0.1) is 0 Å². The van der Waals surface area contributed by atoms with Gasteiger partial charge in [0.1, 0.15) is 0 Å². The van der Waals surface area contributed by atoms with Crippen molar-refractivity contribution in [3.63, 3.8) is 0 Å². The van der Waals surface area contributed by atoms with E-state index in [4.69, 9.17) is 5.73 Å². The molecule has 0 radical (unpaired) electrons. The number of nitrogens with zero attached hydrogens (tertiary/aromatic N) is 1. The summed E-state index contributed by atoms with van der Waals surface area (Å²) in [5.41, 5.74) is 8.42. The molecule has 2 nitrogen and oxygen atoms in total. The van der Waals surface area contributed by atoms with Crippen LogP contribution in [0.5, 0.6) is 0 Å². The monoisotopic (exact) mass is 266 g/mol. The second-order valence-electron chi connectivity index (χ2n) is 5.09. The minimum absolute atomic E-state index is 0.231. The molecule has 18 heavy (non-hydrogen) atoms. The SMILES string of the molecule is CSCCC(C)N(C)c1ccc(CC(C)N)cc1. The molecule has 0 saturated carbocycles. The topological polar surface area (TPSA) is 29.3 Å². The Bertz CT molecular complexity index is 335. The van der Waals surface area contributed by atoms with Crippen LogP contribution < -0.4 is 10.6 Å². The first-order valence-corrected chi connectivity index (χ1v) is 8.00. The third kappa shape index (κ3) is 4.91. The molecule has 0 aliphatic rings. The maximum atomic E-state index is 5.81. The van der Waals surface area contributed by atoms with Crippen molar-refractivity contribution in [3.05, 3.63) is 29.8 Å². The highest BCUT2D eigenvalue weighted by molar-refractivity contribution is 7.98. The molecule has 2 atom stereocenters. The number of thioether (sulfide) groups is 1. The number of nitrogens with two attached hydrogens (primary N) is 1. The van der Waals surface area contributed by atoms with Crippen LogP contribution >= 0.6 is 11.8 Å². The van der Waals surface area contributed by atoms with Crippen molar-refractivity contribution in [2.24, 2.45) is 5.73 Å². The lowest BCUT2D eigenvalue weighted by Gasteiger charge is -2.27. The van der Waals surface area contributed by atoms with Crippen LogP contribution in [0.3, 0.4) is 0 Å². The molecule has 0 amide bonds. The van der Waals surface area contributed by atoms with Gasteiger partial charge in [-0.25, -0.2) is 0 Å². The van der Waals surface area contributed by atoms with Crippen LogP contribution in [0.25, 0.3) is 0 Å². The van der Waals surface area contributed by atoms with Crippen molar-refractivity contribution in [1.82, 2.24) is 0 Å². The Hall–Kier alpha value is -0.670. The van der Waals surface area contributed by atoms with Gasteiger partial charge in [-0.05, 0) is 56.4 Å². The lowest BCUT2D eigenvalue weighted by Crippen LogP contribution is -2.29. The van der Waals surface area contributed by atoms with E-state index in [1.54, 1.807) is 0 Å². The van der Waals surface area contributed by atoms with Gasteiger partial charge in [-0.3, -0.25) is 0 Å². The highest BCUT2D eigenvalue weighted by atomic mass is 32.2. The fourth-order valence-corrected chi connectivity index (χ4v) is 2.55. The minimum Gasteiger partial charge on any atom is -0.372 e. The predicted molar refractivity (Wildman–Crippen MR) is 84.7 cm³/mol. The van der Waals surface area contributed by atoms with Gasteiger partial charge in [-0.2, -0.15) is 11.8 Å². The molecule has 0 fully saturated rings. The van der Waals surface area contributed by atoms with E-state index in [2.05, 4.69) is 49.4 Å². The molecular formula is C15H26N2S. The first kappa shape index (κ1) is 15.4. The van der Waals surface area contributed by atoms with E-state index in [-0.39, 0.29) is 6.04 Å². The summed E-state index contributed by atoms with van der Waals surface area (Å²) in [7, 11) is 2.17. The van der Waals surface area contributed by atoms with Crippen molar-refractivity contribution in [2.75, 3.05) is 24.0 Å². The van der Waals surface area contributed by atoms with Gasteiger partial charge in [0.05, 0.1) is 0 Å². The van der Waals surface area contributed by atoms with Gasteiger partial charge < -0.3 is 10.6 Å². The van der Waals surface area contributed by atoms with Crippen LogP contribution in [0.4, 0.5) is 5.69 Å². The number of hydrogen-bond acceptors (Lipinski definition) is 3. The Morgan fingerprint density at radius 2 is 1.83 bits per heavy atom. The average Bonchev–Trinajstić information content (AvgIpc) is 2.35. The zero-order chi connectivity index (χ0) is 13.5. The second kappa shape index (κ2) is 7.70. The highest BCUT2D eigenvalue weighted by Crippen LogP contribution is 2.18. The first-order chi connectivity index (χ1) is 8.54. The molecule has 1 aromatic carbocycles. The van der Waals surface area contributed by atoms with Crippen molar-refractivity contribution in [2.45, 2.75) is 38.8 Å². The van der Waals surface area contributed by atoms with Crippen molar-refractivity contribution < 1.29 is 0 Å². The summed E-state index contributed by atoms with van der Waals surface area (Å²) < 4.78 is 0. The second-order valence-corrected chi connectivity index (χ2v) is 6.07. The molecule has 2 unspecified atom stereocenters. The van der Waals surface area contributed by atoms with Gasteiger partial charge in [-0.1, -0.05) is 12.1 Å². The third-order valence-electron chi connectivity index (χ3n) is 3.30. The Balaban J connectivity index is 2.60. The Morgan fingerprint density at radius 1 is 1.22 bits per heavy atom. The Kier molecular flexibility index (Phi) is 6.58. The van der Waals surface area contributed by atoms with E-state index < -0.39 is 0 Å². The number of hydrogen-bond donors (Lipinski definition) is 1. The summed E-state index contributed by atoms with van der Waals surface area (Å²) in [6.45, 7) is 4.33. The highest BCUT2D eigenvalue weighted by Gasteiger charge is 2.09. The number of benzene rings is 1. The van der Waals surface area contributed by atoms with Gasteiger partial charge in [0.15, 0.2) is 0 Å². The normalized spacial score (nSPS) is 14.3. The van der Waals surface area contributed by atoms with Crippen LogP contribution in [0.2, 0.25) is 0 Å². The van der Waals surface area contributed by atoms with E-state index in [0.717, 1.165) is 6.42 Å². The fraction of sp³-hybridized carbons (Fsp3) is 0.600. The quantitative estimate of drug-likeness (QED) is 0.822. The maximum absolute atomic E-state index is 5.81. The summed E-state index contributed by atoms with van der Waals surface area (Å²) in [5.74, 6) is 1.22. The molecule has 2 N–H and O–H groups in total. The molecule has 1 aromatic rings. The molecular weight excluding hydrogens is 240 g/mol. The fourth-order valence-electron chi connectivity index (χ4n) is 1.98. The van der Waals surface area contributed by atoms with Gasteiger partial charge >= 0.3 is 0 Å². The van der Waals surface area contributed by atoms with E-state index in [0.29, 0.717) is 6.04 Å². The lowest BCUT2D eigenvalue weighted by atomic mass is 10.1. The van der Waals surface area contributed by atoms with Crippen LogP contribution in [0, 0.1) is 0 Å². The van der Waals surface area contributed by atoms with Gasteiger partial charge in [0.2, 0.25) is 0 Å². The maximum Gasteiger partial charge on any atom is 0.0366 e. The average molecular weight is 266 g/mol. The molecule has 3 heteroatoms. The molecule has 0 saturated heterocycles. The smallest absolute Gasteiger partial charge is 0.0366 e. The summed E-state index contributed by atoms with van der Waals surface area (Å²) >= 11 is 1.91. The summed E-state index contributed by atoms with van der Waals surface area (Å²) in [6.07, 6.45) is 4.33. The summed E-state index contributed by atoms with van der Waals surface area (Å²) in [5, 5.41) is 0. The molecule has 0 heterocycles.